The Kier molecular flexibility index (Phi) is 6.73. The summed E-state index contributed by atoms with van der Waals surface area (Å²) in [4.78, 5) is 28.3. The van der Waals surface area contributed by atoms with Crippen LogP contribution >= 0.6 is 11.3 Å². The van der Waals surface area contributed by atoms with E-state index in [1.165, 1.54) is 28.6 Å². The van der Waals surface area contributed by atoms with Gasteiger partial charge in [0.25, 0.3) is 11.8 Å². The van der Waals surface area contributed by atoms with Crippen LogP contribution in [0.3, 0.4) is 0 Å². The summed E-state index contributed by atoms with van der Waals surface area (Å²) in [6.07, 6.45) is 1.63. The van der Waals surface area contributed by atoms with Gasteiger partial charge in [0.05, 0.1) is 24.2 Å². The van der Waals surface area contributed by atoms with Crippen LogP contribution in [0.15, 0.2) is 54.6 Å². The Morgan fingerprint density at radius 1 is 1.09 bits per heavy atom. The number of piperidine rings is 1. The third-order valence-corrected chi connectivity index (χ3v) is 10.8. The van der Waals surface area contributed by atoms with Gasteiger partial charge >= 0.3 is 0 Å². The van der Waals surface area contributed by atoms with E-state index in [0.29, 0.717) is 30.3 Å². The standard InChI is InChI=1S/C36H35FN4O3S/c1-19-33-31(44-2)12-24(36(43)40-17-26(37)14-27(38)18-40)13-32(33)45-34(19)30-11-23-6-5-22(10-29(23)41(30)16-20-3-4-20)21-7-8-28-25(9-21)15-39-35(28)42/h5-13,20,26-27H,3-4,14-18,38H2,1-2H3,(H,39,42)/t26-,27?/m1/s1. The van der Waals surface area contributed by atoms with Crippen LogP contribution in [-0.2, 0) is 13.1 Å². The zero-order valence-electron chi connectivity index (χ0n) is 25.4. The number of carbonyl (C=O) groups is 2. The van der Waals surface area contributed by atoms with Crippen molar-refractivity contribution >= 4 is 44.1 Å². The zero-order chi connectivity index (χ0) is 31.0. The minimum absolute atomic E-state index is 0.00846. The van der Waals surface area contributed by atoms with Gasteiger partial charge in [0.15, 0.2) is 0 Å². The largest absolute Gasteiger partial charge is 0.496 e. The number of halogens is 1. The molecule has 0 radical (unpaired) electrons. The molecular weight excluding hydrogens is 587 g/mol. The fraction of sp³-hybridized carbons (Fsp3) is 0.333. The molecule has 1 unspecified atom stereocenters. The van der Waals surface area contributed by atoms with Crippen molar-refractivity contribution in [3.63, 3.8) is 0 Å². The summed E-state index contributed by atoms with van der Waals surface area (Å²) in [6.45, 7) is 4.04. The lowest BCUT2D eigenvalue weighted by Crippen LogP contribution is -2.50. The van der Waals surface area contributed by atoms with Crippen molar-refractivity contribution in [3.05, 3.63) is 76.9 Å². The van der Waals surface area contributed by atoms with E-state index in [9.17, 15) is 14.0 Å². The van der Waals surface area contributed by atoms with E-state index in [1.54, 1.807) is 24.5 Å². The first-order valence-corrected chi connectivity index (χ1v) is 16.4. The number of aromatic nitrogens is 1. The molecule has 1 saturated carbocycles. The maximum Gasteiger partial charge on any atom is 0.254 e. The maximum absolute atomic E-state index is 14.3. The van der Waals surface area contributed by atoms with Gasteiger partial charge in [-0.2, -0.15) is 0 Å². The lowest BCUT2D eigenvalue weighted by molar-refractivity contribution is 0.0606. The fourth-order valence-corrected chi connectivity index (χ4v) is 8.37. The van der Waals surface area contributed by atoms with Crippen LogP contribution in [0.2, 0.25) is 0 Å². The van der Waals surface area contributed by atoms with Crippen LogP contribution in [0.5, 0.6) is 5.75 Å². The SMILES string of the molecule is COc1cc(C(=O)N2CC(N)C[C@@H](F)C2)cc2sc(-c3cc4ccc(-c5ccc6c(c5)CNC6=O)cc4n3CC3CC3)c(C)c12. The number of methoxy groups -OCH3 is 1. The van der Waals surface area contributed by atoms with E-state index in [1.807, 2.05) is 18.2 Å². The summed E-state index contributed by atoms with van der Waals surface area (Å²) < 4.78 is 23.6. The maximum atomic E-state index is 14.3. The van der Waals surface area contributed by atoms with E-state index in [4.69, 9.17) is 10.5 Å². The summed E-state index contributed by atoms with van der Waals surface area (Å²) >= 11 is 1.67. The fourth-order valence-electron chi connectivity index (χ4n) is 7.08. The van der Waals surface area contributed by atoms with E-state index in [2.05, 4.69) is 47.1 Å². The number of aryl methyl sites for hydroxylation is 1. The summed E-state index contributed by atoms with van der Waals surface area (Å²) in [7, 11) is 1.63. The van der Waals surface area contributed by atoms with Gasteiger partial charge in [-0.1, -0.05) is 18.2 Å². The summed E-state index contributed by atoms with van der Waals surface area (Å²) in [6, 6.07) is 18.3. The lowest BCUT2D eigenvalue weighted by atomic mass is 9.99. The van der Waals surface area contributed by atoms with Gasteiger partial charge in [0.2, 0.25) is 0 Å². The molecule has 9 heteroatoms. The second kappa shape index (κ2) is 10.7. The monoisotopic (exact) mass is 622 g/mol. The second-order valence-corrected chi connectivity index (χ2v) is 13.9. The molecule has 2 atom stereocenters. The van der Waals surface area contributed by atoms with Crippen LogP contribution in [0.4, 0.5) is 4.39 Å². The van der Waals surface area contributed by atoms with Crippen molar-refractivity contribution in [1.29, 1.82) is 0 Å². The molecule has 2 aromatic heterocycles. The molecule has 45 heavy (non-hydrogen) atoms. The van der Waals surface area contributed by atoms with Crippen LogP contribution in [0.25, 0.3) is 42.7 Å². The zero-order valence-corrected chi connectivity index (χ0v) is 26.2. The van der Waals surface area contributed by atoms with Gasteiger partial charge in [0.1, 0.15) is 11.9 Å². The number of nitrogens with zero attached hydrogens (tertiary/aromatic N) is 2. The summed E-state index contributed by atoms with van der Waals surface area (Å²) in [5.74, 6) is 1.07. The number of rotatable bonds is 6. The average Bonchev–Trinajstić information content (AvgIpc) is 3.56. The van der Waals surface area contributed by atoms with E-state index in [-0.39, 0.29) is 30.8 Å². The summed E-state index contributed by atoms with van der Waals surface area (Å²) in [5, 5.41) is 5.09. The molecule has 3 N–H and O–H groups in total. The van der Waals surface area contributed by atoms with Gasteiger partial charge in [-0.3, -0.25) is 9.59 Å². The van der Waals surface area contributed by atoms with Gasteiger partial charge in [-0.05, 0) is 90.8 Å². The predicted octanol–water partition coefficient (Wildman–Crippen LogP) is 6.67. The number of hydrogen-bond acceptors (Lipinski definition) is 5. The molecule has 2 aliphatic heterocycles. The Bertz CT molecular complexity index is 2020. The number of nitrogens with two attached hydrogens (primary N) is 1. The van der Waals surface area contributed by atoms with Gasteiger partial charge in [0, 0.05) is 57.8 Å². The summed E-state index contributed by atoms with van der Waals surface area (Å²) in [5.41, 5.74) is 14.0. The third-order valence-electron chi connectivity index (χ3n) is 9.58. The van der Waals surface area contributed by atoms with Crippen molar-refractivity contribution in [2.75, 3.05) is 20.2 Å². The molecular formula is C36H35FN4O3S. The van der Waals surface area contributed by atoms with Crippen molar-refractivity contribution in [2.24, 2.45) is 11.7 Å². The first-order valence-electron chi connectivity index (χ1n) is 15.6. The van der Waals surface area contributed by atoms with Gasteiger partial charge in [-0.25, -0.2) is 4.39 Å². The molecule has 4 heterocycles. The second-order valence-electron chi connectivity index (χ2n) is 12.8. The minimum Gasteiger partial charge on any atom is -0.496 e. The normalized spacial score (nSPS) is 19.7. The average molecular weight is 623 g/mol. The van der Waals surface area contributed by atoms with E-state index < -0.39 is 6.17 Å². The van der Waals surface area contributed by atoms with Gasteiger partial charge in [-0.15, -0.1) is 11.3 Å². The van der Waals surface area contributed by atoms with Crippen LogP contribution in [-0.4, -0.2) is 53.7 Å². The van der Waals surface area contributed by atoms with Crippen LogP contribution < -0.4 is 15.8 Å². The van der Waals surface area contributed by atoms with Crippen LogP contribution in [0, 0.1) is 12.8 Å². The third kappa shape index (κ3) is 4.89. The molecule has 7 nitrogen and oxygen atoms in total. The Morgan fingerprint density at radius 2 is 1.89 bits per heavy atom. The molecule has 2 amide bonds. The number of hydrogen-bond donors (Lipinski definition) is 2. The highest BCUT2D eigenvalue weighted by atomic mass is 32.1. The number of likely N-dealkylation sites (tertiary alicyclic amines) is 1. The van der Waals surface area contributed by atoms with E-state index in [0.717, 1.165) is 55.0 Å². The Hall–Kier alpha value is -4.21. The van der Waals surface area contributed by atoms with E-state index >= 15 is 0 Å². The van der Waals surface area contributed by atoms with Crippen molar-refractivity contribution in [1.82, 2.24) is 14.8 Å². The molecule has 2 fully saturated rings. The molecule has 3 aromatic carbocycles. The van der Waals surface area contributed by atoms with Gasteiger partial charge < -0.3 is 25.3 Å². The molecule has 8 rings (SSSR count). The highest BCUT2D eigenvalue weighted by molar-refractivity contribution is 7.22. The smallest absolute Gasteiger partial charge is 0.254 e. The lowest BCUT2D eigenvalue weighted by Gasteiger charge is -2.33. The topological polar surface area (TPSA) is 89.6 Å². The number of carbonyl (C=O) groups excluding carboxylic acids is 2. The minimum atomic E-state index is -1.11. The number of fused-ring (bicyclic) bond motifs is 3. The number of alkyl halides is 1. The Balaban J connectivity index is 1.22. The first-order chi connectivity index (χ1) is 21.8. The highest BCUT2D eigenvalue weighted by Gasteiger charge is 2.30. The number of amides is 2. The Morgan fingerprint density at radius 3 is 2.67 bits per heavy atom. The van der Waals surface area contributed by atoms with Crippen LogP contribution in [0.1, 0.15) is 51.1 Å². The molecule has 3 aliphatic rings. The first kappa shape index (κ1) is 28.3. The Labute approximate surface area is 264 Å². The van der Waals surface area contributed by atoms with Crippen molar-refractivity contribution in [2.45, 2.75) is 51.5 Å². The molecule has 1 saturated heterocycles. The quantitative estimate of drug-likeness (QED) is 0.221. The predicted molar refractivity (Wildman–Crippen MR) is 177 cm³/mol. The van der Waals surface area contributed by atoms with Crippen molar-refractivity contribution in [3.8, 4) is 27.4 Å². The molecule has 0 spiro atoms. The number of ether oxygens (including phenoxy) is 1. The van der Waals surface area contributed by atoms with Crippen molar-refractivity contribution < 1.29 is 18.7 Å². The molecule has 1 aliphatic carbocycles. The number of nitrogens with one attached hydrogen (secondary N) is 1. The highest BCUT2D eigenvalue weighted by Crippen LogP contribution is 2.46. The molecule has 0 bridgehead atoms. The molecule has 5 aromatic rings. The molecule has 230 valence electrons. The number of benzene rings is 3. The number of thiophene rings is 1.